The molecule has 4 aromatic rings. The highest BCUT2D eigenvalue weighted by molar-refractivity contribution is 7.15. The van der Waals surface area contributed by atoms with Gasteiger partial charge >= 0.3 is 0 Å². The summed E-state index contributed by atoms with van der Waals surface area (Å²) in [5.41, 5.74) is 8.24. The first-order valence-corrected chi connectivity index (χ1v) is 11.1. The van der Waals surface area contributed by atoms with Gasteiger partial charge in [-0.25, -0.2) is 4.98 Å². The molecule has 0 aliphatic carbocycles. The third kappa shape index (κ3) is 5.15. The summed E-state index contributed by atoms with van der Waals surface area (Å²) in [5, 5.41) is 5.14. The van der Waals surface area contributed by atoms with Crippen molar-refractivity contribution in [3.63, 3.8) is 0 Å². The molecule has 0 fully saturated rings. The van der Waals surface area contributed by atoms with Crippen molar-refractivity contribution in [2.45, 2.75) is 20.5 Å². The molecule has 5 nitrogen and oxygen atoms in total. The van der Waals surface area contributed by atoms with Crippen LogP contribution in [-0.4, -0.2) is 18.3 Å². The topological polar surface area (TPSA) is 55.7 Å². The number of rotatable bonds is 8. The number of hydrogen-bond donors (Lipinski definition) is 1. The Morgan fingerprint density at radius 1 is 1.00 bits per heavy atom. The molecule has 0 aliphatic heterocycles. The van der Waals surface area contributed by atoms with Crippen LogP contribution in [0.4, 0.5) is 5.13 Å². The molecule has 1 N–H and O–H groups in total. The average Bonchev–Trinajstić information content (AvgIpc) is 3.19. The van der Waals surface area contributed by atoms with Crippen molar-refractivity contribution in [1.29, 1.82) is 0 Å². The number of aromatic nitrogens is 1. The summed E-state index contributed by atoms with van der Waals surface area (Å²) in [5.74, 6) is 1.32. The molecule has 1 aromatic heterocycles. The molecule has 6 heteroatoms. The molecule has 0 amide bonds. The largest absolute Gasteiger partial charge is 0.493 e. The van der Waals surface area contributed by atoms with Crippen molar-refractivity contribution in [2.24, 2.45) is 5.10 Å². The number of aryl methyl sites for hydroxylation is 2. The number of para-hydroxylation sites is 1. The van der Waals surface area contributed by atoms with Gasteiger partial charge < -0.3 is 9.47 Å². The fraction of sp³-hybridized carbons (Fsp3) is 0.154. The number of hydrazone groups is 1. The van der Waals surface area contributed by atoms with E-state index in [9.17, 15) is 0 Å². The second kappa shape index (κ2) is 10.1. The smallest absolute Gasteiger partial charge is 0.204 e. The van der Waals surface area contributed by atoms with Gasteiger partial charge in [-0.05, 0) is 31.5 Å². The number of hydrogen-bond acceptors (Lipinski definition) is 6. The molecule has 32 heavy (non-hydrogen) atoms. The zero-order chi connectivity index (χ0) is 22.3. The molecular weight excluding hydrogens is 418 g/mol. The highest BCUT2D eigenvalue weighted by Crippen LogP contribution is 2.32. The maximum Gasteiger partial charge on any atom is 0.204 e. The van der Waals surface area contributed by atoms with Crippen LogP contribution >= 0.6 is 11.3 Å². The first kappa shape index (κ1) is 21.6. The Morgan fingerprint density at radius 3 is 2.59 bits per heavy atom. The second-order valence-electron chi connectivity index (χ2n) is 7.32. The predicted molar refractivity (Wildman–Crippen MR) is 132 cm³/mol. The van der Waals surface area contributed by atoms with Crippen molar-refractivity contribution in [3.05, 3.63) is 94.4 Å². The van der Waals surface area contributed by atoms with E-state index in [4.69, 9.17) is 9.47 Å². The van der Waals surface area contributed by atoms with Crippen LogP contribution in [0.5, 0.6) is 11.5 Å². The summed E-state index contributed by atoms with van der Waals surface area (Å²) in [6.07, 6.45) is 1.73. The molecule has 162 valence electrons. The lowest BCUT2D eigenvalue weighted by Gasteiger charge is -2.13. The Bertz CT molecular complexity index is 1220. The van der Waals surface area contributed by atoms with E-state index in [-0.39, 0.29) is 0 Å². The van der Waals surface area contributed by atoms with Gasteiger partial charge in [-0.3, -0.25) is 5.43 Å². The Morgan fingerprint density at radius 2 is 1.81 bits per heavy atom. The molecular formula is C26H25N3O2S. The van der Waals surface area contributed by atoms with Gasteiger partial charge in [0, 0.05) is 16.0 Å². The van der Waals surface area contributed by atoms with Crippen LogP contribution < -0.4 is 14.9 Å². The van der Waals surface area contributed by atoms with E-state index in [0.717, 1.165) is 32.4 Å². The number of nitrogens with one attached hydrogen (secondary N) is 1. The van der Waals surface area contributed by atoms with Crippen LogP contribution in [0.1, 0.15) is 21.6 Å². The van der Waals surface area contributed by atoms with Gasteiger partial charge in [-0.1, -0.05) is 66.2 Å². The fourth-order valence-corrected chi connectivity index (χ4v) is 4.16. The lowest BCUT2D eigenvalue weighted by atomic mass is 10.1. The van der Waals surface area contributed by atoms with Gasteiger partial charge in [-0.2, -0.15) is 5.10 Å². The van der Waals surface area contributed by atoms with E-state index in [2.05, 4.69) is 53.6 Å². The van der Waals surface area contributed by atoms with Crippen molar-refractivity contribution in [2.75, 3.05) is 12.5 Å². The van der Waals surface area contributed by atoms with E-state index in [0.29, 0.717) is 18.1 Å². The molecule has 0 atom stereocenters. The van der Waals surface area contributed by atoms with E-state index < -0.39 is 0 Å². The van der Waals surface area contributed by atoms with Gasteiger partial charge in [0.05, 0.1) is 19.0 Å². The molecule has 0 radical (unpaired) electrons. The van der Waals surface area contributed by atoms with E-state index in [1.54, 1.807) is 24.7 Å². The molecule has 0 spiro atoms. The Hall–Kier alpha value is -3.64. The summed E-state index contributed by atoms with van der Waals surface area (Å²) in [6.45, 7) is 4.58. The first-order chi connectivity index (χ1) is 15.6. The molecule has 0 saturated heterocycles. The number of nitrogens with zero attached hydrogens (tertiary/aromatic N) is 2. The molecule has 0 saturated carbocycles. The Balaban J connectivity index is 1.50. The second-order valence-corrected chi connectivity index (χ2v) is 8.52. The van der Waals surface area contributed by atoms with Crippen LogP contribution in [0.3, 0.4) is 0 Å². The SMILES string of the molecule is COc1cccc(/C=N/Nc2nc(-c3ccccc3)c(C)s2)c1OCc1cccc(C)c1. The average molecular weight is 444 g/mol. The lowest BCUT2D eigenvalue weighted by molar-refractivity contribution is 0.284. The van der Waals surface area contributed by atoms with Crippen LogP contribution in [0.15, 0.2) is 77.9 Å². The number of benzene rings is 3. The van der Waals surface area contributed by atoms with Gasteiger partial charge in [0.2, 0.25) is 5.13 Å². The first-order valence-electron chi connectivity index (χ1n) is 10.3. The number of thiazole rings is 1. The molecule has 0 bridgehead atoms. The van der Waals surface area contributed by atoms with Crippen molar-refractivity contribution in [3.8, 4) is 22.8 Å². The molecule has 1 heterocycles. The van der Waals surface area contributed by atoms with Crippen molar-refractivity contribution < 1.29 is 9.47 Å². The summed E-state index contributed by atoms with van der Waals surface area (Å²) in [7, 11) is 1.64. The monoisotopic (exact) mass is 443 g/mol. The predicted octanol–water partition coefficient (Wildman–Crippen LogP) is 6.46. The summed E-state index contributed by atoms with van der Waals surface area (Å²) >= 11 is 1.57. The highest BCUT2D eigenvalue weighted by Gasteiger charge is 2.11. The zero-order valence-corrected chi connectivity index (χ0v) is 19.1. The van der Waals surface area contributed by atoms with Crippen LogP contribution in [0.25, 0.3) is 11.3 Å². The van der Waals surface area contributed by atoms with Crippen LogP contribution in [0.2, 0.25) is 0 Å². The van der Waals surface area contributed by atoms with Crippen molar-refractivity contribution >= 4 is 22.7 Å². The standard InChI is InChI=1S/C26H25N3O2S/c1-18-9-7-10-20(15-18)17-31-25-22(13-8-14-23(25)30-3)16-27-29-26-28-24(19(2)32-26)21-11-5-4-6-12-21/h4-16H,17H2,1-3H3,(H,28,29)/b27-16+. The van der Waals surface area contributed by atoms with Gasteiger partial charge in [0.15, 0.2) is 11.5 Å². The van der Waals surface area contributed by atoms with E-state index in [1.165, 1.54) is 5.56 Å². The zero-order valence-electron chi connectivity index (χ0n) is 18.3. The van der Waals surface area contributed by atoms with E-state index >= 15 is 0 Å². The number of ether oxygens (including phenoxy) is 2. The molecule has 0 unspecified atom stereocenters. The number of anilines is 1. The maximum atomic E-state index is 6.13. The maximum absolute atomic E-state index is 6.13. The molecule has 0 aliphatic rings. The van der Waals surface area contributed by atoms with Crippen LogP contribution in [0, 0.1) is 13.8 Å². The quantitative estimate of drug-likeness (QED) is 0.251. The Kier molecular flexibility index (Phi) is 6.82. The van der Waals surface area contributed by atoms with E-state index in [1.807, 2.05) is 48.5 Å². The third-order valence-electron chi connectivity index (χ3n) is 4.90. The minimum Gasteiger partial charge on any atom is -0.493 e. The fourth-order valence-electron chi connectivity index (χ4n) is 3.37. The van der Waals surface area contributed by atoms with Gasteiger partial charge in [0.1, 0.15) is 6.61 Å². The van der Waals surface area contributed by atoms with Crippen LogP contribution in [-0.2, 0) is 6.61 Å². The molecule has 4 rings (SSSR count). The summed E-state index contributed by atoms with van der Waals surface area (Å²) < 4.78 is 11.6. The molecule has 3 aromatic carbocycles. The lowest BCUT2D eigenvalue weighted by Crippen LogP contribution is -2.01. The summed E-state index contributed by atoms with van der Waals surface area (Å²) in [4.78, 5) is 5.83. The third-order valence-corrected chi connectivity index (χ3v) is 5.78. The normalized spacial score (nSPS) is 11.0. The van der Waals surface area contributed by atoms with Gasteiger partial charge in [-0.15, -0.1) is 11.3 Å². The Labute approximate surface area is 192 Å². The van der Waals surface area contributed by atoms with Gasteiger partial charge in [0.25, 0.3) is 0 Å². The minimum absolute atomic E-state index is 0.447. The minimum atomic E-state index is 0.447. The van der Waals surface area contributed by atoms with Crippen molar-refractivity contribution in [1.82, 2.24) is 4.98 Å². The number of methoxy groups -OCH3 is 1. The summed E-state index contributed by atoms with van der Waals surface area (Å²) in [6, 6.07) is 24.2. The highest BCUT2D eigenvalue weighted by atomic mass is 32.1.